The molecule has 0 heterocycles. The van der Waals surface area contributed by atoms with Gasteiger partial charge in [-0.15, -0.1) is 0 Å². The first kappa shape index (κ1) is 13.8. The van der Waals surface area contributed by atoms with E-state index in [9.17, 15) is 9.59 Å². The van der Waals surface area contributed by atoms with Crippen LogP contribution in [0.4, 0.5) is 0 Å². The van der Waals surface area contributed by atoms with Crippen LogP contribution in [-0.2, 0) is 10.2 Å². The minimum Gasteiger partial charge on any atom is -0.346 e. The van der Waals surface area contributed by atoms with Crippen molar-refractivity contribution in [3.05, 3.63) is 34.9 Å². The molecular weight excluding hydrogens is 238 g/mol. The highest BCUT2D eigenvalue weighted by atomic mass is 16.2. The molecule has 102 valence electrons. The van der Waals surface area contributed by atoms with Gasteiger partial charge < -0.3 is 5.32 Å². The molecule has 0 saturated heterocycles. The minimum atomic E-state index is -0.475. The van der Waals surface area contributed by atoms with E-state index in [4.69, 9.17) is 0 Å². The zero-order valence-corrected chi connectivity index (χ0v) is 12.0. The number of hydrogen-bond donors (Lipinski definition) is 1. The maximum atomic E-state index is 12.2. The van der Waals surface area contributed by atoms with E-state index in [1.54, 1.807) is 0 Å². The lowest BCUT2D eigenvalue weighted by atomic mass is 9.84. The van der Waals surface area contributed by atoms with E-state index in [-0.39, 0.29) is 11.5 Å². The van der Waals surface area contributed by atoms with E-state index < -0.39 is 11.7 Å². The Kier molecular flexibility index (Phi) is 3.48. The number of carbonyl (C=O) groups is 2. The highest BCUT2D eigenvalue weighted by Gasteiger charge is 2.28. The van der Waals surface area contributed by atoms with Crippen molar-refractivity contribution >= 4 is 11.7 Å². The Balaban J connectivity index is 2.27. The molecule has 3 nitrogen and oxygen atoms in total. The fourth-order valence-corrected chi connectivity index (χ4v) is 1.93. The number of nitrogens with one attached hydrogen (secondary N) is 1. The zero-order chi connectivity index (χ0) is 14.2. The molecule has 1 amide bonds. The summed E-state index contributed by atoms with van der Waals surface area (Å²) in [4.78, 5) is 24.0. The molecule has 0 aromatic heterocycles. The third-order valence-electron chi connectivity index (χ3n) is 3.47. The molecule has 19 heavy (non-hydrogen) atoms. The number of rotatable bonds is 3. The molecule has 3 heteroatoms. The summed E-state index contributed by atoms with van der Waals surface area (Å²) in [7, 11) is 0. The molecule has 1 N–H and O–H groups in total. The van der Waals surface area contributed by atoms with E-state index >= 15 is 0 Å². The Morgan fingerprint density at radius 3 is 2.37 bits per heavy atom. The van der Waals surface area contributed by atoms with Crippen molar-refractivity contribution in [1.29, 1.82) is 0 Å². The molecule has 0 spiro atoms. The van der Waals surface area contributed by atoms with Gasteiger partial charge in [0.25, 0.3) is 5.91 Å². The first-order valence-corrected chi connectivity index (χ1v) is 6.75. The number of hydrogen-bond acceptors (Lipinski definition) is 2. The fourth-order valence-electron chi connectivity index (χ4n) is 1.93. The summed E-state index contributed by atoms with van der Waals surface area (Å²) in [6.45, 7) is 8.15. The number of carbonyl (C=O) groups excluding carboxylic acids is 2. The highest BCUT2D eigenvalue weighted by molar-refractivity contribution is 6.43. The standard InChI is InChI=1S/C16H21NO2/c1-10-5-6-11(16(2,3)4)9-13(10)14(18)15(19)17-12-7-8-12/h5-6,9,12H,7-8H2,1-4H3,(H,17,19). The Morgan fingerprint density at radius 2 is 1.84 bits per heavy atom. The van der Waals surface area contributed by atoms with E-state index in [1.807, 2.05) is 25.1 Å². The number of benzene rings is 1. The number of amides is 1. The summed E-state index contributed by atoms with van der Waals surface area (Å²) in [5.41, 5.74) is 2.41. The van der Waals surface area contributed by atoms with Crippen molar-refractivity contribution < 1.29 is 9.59 Å². The van der Waals surface area contributed by atoms with Crippen LogP contribution in [0.3, 0.4) is 0 Å². The second-order valence-corrected chi connectivity index (χ2v) is 6.36. The van der Waals surface area contributed by atoms with Crippen molar-refractivity contribution in [2.45, 2.75) is 52.0 Å². The van der Waals surface area contributed by atoms with Crippen LogP contribution in [0.25, 0.3) is 0 Å². The van der Waals surface area contributed by atoms with Crippen molar-refractivity contribution in [2.24, 2.45) is 0 Å². The molecular formula is C16H21NO2. The maximum absolute atomic E-state index is 12.2. The molecule has 0 bridgehead atoms. The van der Waals surface area contributed by atoms with Gasteiger partial charge in [0.1, 0.15) is 0 Å². The summed E-state index contributed by atoms with van der Waals surface area (Å²) < 4.78 is 0. The molecule has 0 atom stereocenters. The van der Waals surface area contributed by atoms with Crippen molar-refractivity contribution in [2.75, 3.05) is 0 Å². The van der Waals surface area contributed by atoms with Gasteiger partial charge in [0.15, 0.2) is 0 Å². The summed E-state index contributed by atoms with van der Waals surface area (Å²) >= 11 is 0. The van der Waals surface area contributed by atoms with Gasteiger partial charge in [0, 0.05) is 11.6 Å². The summed E-state index contributed by atoms with van der Waals surface area (Å²) in [6.07, 6.45) is 1.97. The van der Waals surface area contributed by atoms with Gasteiger partial charge >= 0.3 is 0 Å². The predicted octanol–water partition coefficient (Wildman–Crippen LogP) is 2.75. The molecule has 0 radical (unpaired) electrons. The Morgan fingerprint density at radius 1 is 1.21 bits per heavy atom. The van der Waals surface area contributed by atoms with Gasteiger partial charge in [0.05, 0.1) is 0 Å². The topological polar surface area (TPSA) is 46.2 Å². The Hall–Kier alpha value is -1.64. The maximum Gasteiger partial charge on any atom is 0.292 e. The lowest BCUT2D eigenvalue weighted by molar-refractivity contribution is -0.117. The quantitative estimate of drug-likeness (QED) is 0.670. The van der Waals surface area contributed by atoms with E-state index in [0.29, 0.717) is 5.56 Å². The van der Waals surface area contributed by atoms with Crippen LogP contribution in [-0.4, -0.2) is 17.7 Å². The number of aryl methyl sites for hydroxylation is 1. The van der Waals surface area contributed by atoms with E-state index in [2.05, 4.69) is 26.1 Å². The second kappa shape index (κ2) is 4.80. The molecule has 1 aromatic carbocycles. The molecule has 1 fully saturated rings. The van der Waals surface area contributed by atoms with E-state index in [0.717, 1.165) is 24.0 Å². The summed E-state index contributed by atoms with van der Waals surface area (Å²) in [5.74, 6) is -0.896. The SMILES string of the molecule is Cc1ccc(C(C)(C)C)cc1C(=O)C(=O)NC1CC1. The highest BCUT2D eigenvalue weighted by Crippen LogP contribution is 2.25. The normalized spacial score (nSPS) is 15.2. The third kappa shape index (κ3) is 3.22. The number of ketones is 1. The average Bonchev–Trinajstić information content (AvgIpc) is 3.11. The van der Waals surface area contributed by atoms with Crippen molar-refractivity contribution in [1.82, 2.24) is 5.32 Å². The second-order valence-electron chi connectivity index (χ2n) is 6.36. The summed E-state index contributed by atoms with van der Waals surface area (Å²) in [5, 5.41) is 2.75. The lowest BCUT2D eigenvalue weighted by Gasteiger charge is -2.20. The molecule has 0 unspecified atom stereocenters. The lowest BCUT2D eigenvalue weighted by Crippen LogP contribution is -2.33. The van der Waals surface area contributed by atoms with Crippen LogP contribution in [0, 0.1) is 6.92 Å². The Labute approximate surface area is 114 Å². The van der Waals surface area contributed by atoms with Crippen molar-refractivity contribution in [3.8, 4) is 0 Å². The molecule has 1 aromatic rings. The molecule has 1 saturated carbocycles. The molecule has 1 aliphatic carbocycles. The zero-order valence-electron chi connectivity index (χ0n) is 12.0. The van der Waals surface area contributed by atoms with Gasteiger partial charge in [0.2, 0.25) is 5.78 Å². The van der Waals surface area contributed by atoms with Gasteiger partial charge in [-0.25, -0.2) is 0 Å². The monoisotopic (exact) mass is 259 g/mol. The molecule has 2 rings (SSSR count). The van der Waals surface area contributed by atoms with Crippen molar-refractivity contribution in [3.63, 3.8) is 0 Å². The van der Waals surface area contributed by atoms with Gasteiger partial charge in [-0.1, -0.05) is 32.9 Å². The smallest absolute Gasteiger partial charge is 0.292 e. The van der Waals surface area contributed by atoms with Gasteiger partial charge in [-0.05, 0) is 42.4 Å². The predicted molar refractivity (Wildman–Crippen MR) is 75.4 cm³/mol. The number of Topliss-reactive ketones (excluding diaryl/α,β-unsaturated/α-hetero) is 1. The first-order chi connectivity index (χ1) is 8.79. The fraction of sp³-hybridized carbons (Fsp3) is 0.500. The van der Waals surface area contributed by atoms with Crippen LogP contribution >= 0.6 is 0 Å². The summed E-state index contributed by atoms with van der Waals surface area (Å²) in [6, 6.07) is 6.00. The molecule has 1 aliphatic rings. The van der Waals surface area contributed by atoms with Crippen LogP contribution in [0.1, 0.15) is 55.1 Å². The average molecular weight is 259 g/mol. The van der Waals surface area contributed by atoms with Crippen LogP contribution in [0.15, 0.2) is 18.2 Å². The van der Waals surface area contributed by atoms with Crippen LogP contribution < -0.4 is 5.32 Å². The van der Waals surface area contributed by atoms with E-state index in [1.165, 1.54) is 0 Å². The third-order valence-corrected chi connectivity index (χ3v) is 3.47. The minimum absolute atomic E-state index is 0.0320. The first-order valence-electron chi connectivity index (χ1n) is 6.75. The largest absolute Gasteiger partial charge is 0.346 e. The van der Waals surface area contributed by atoms with Gasteiger partial charge in [-0.3, -0.25) is 9.59 Å². The molecule has 0 aliphatic heterocycles. The Bertz CT molecular complexity index is 522. The van der Waals surface area contributed by atoms with Gasteiger partial charge in [-0.2, -0.15) is 0 Å². The van der Waals surface area contributed by atoms with Crippen LogP contribution in [0.2, 0.25) is 0 Å². The van der Waals surface area contributed by atoms with Crippen LogP contribution in [0.5, 0.6) is 0 Å².